The van der Waals surface area contributed by atoms with E-state index in [-0.39, 0.29) is 5.75 Å². The van der Waals surface area contributed by atoms with Gasteiger partial charge in [0.2, 0.25) is 0 Å². The molecular weight excluding hydrogens is 232 g/mol. The molecule has 0 aromatic heterocycles. The van der Waals surface area contributed by atoms with E-state index in [1.807, 2.05) is 6.92 Å². The number of esters is 1. The average molecular weight is 250 g/mol. The number of aliphatic hydroxyl groups is 1. The van der Waals surface area contributed by atoms with Gasteiger partial charge in [-0.2, -0.15) is 0 Å². The summed E-state index contributed by atoms with van der Waals surface area (Å²) in [5, 5.41) is 19.6. The summed E-state index contributed by atoms with van der Waals surface area (Å²) in [6, 6.07) is 5.14. The molecule has 4 nitrogen and oxygen atoms in total. The number of aromatic hydroxyl groups is 1. The first-order valence-electron chi connectivity index (χ1n) is 5.69. The van der Waals surface area contributed by atoms with E-state index in [4.69, 9.17) is 0 Å². The van der Waals surface area contributed by atoms with Crippen molar-refractivity contribution in [3.05, 3.63) is 41.5 Å². The van der Waals surface area contributed by atoms with E-state index in [1.54, 1.807) is 25.1 Å². The van der Waals surface area contributed by atoms with Gasteiger partial charge < -0.3 is 14.9 Å². The van der Waals surface area contributed by atoms with Crippen LogP contribution in [0.15, 0.2) is 30.4 Å². The summed E-state index contributed by atoms with van der Waals surface area (Å²) >= 11 is 0. The Morgan fingerprint density at radius 2 is 2.11 bits per heavy atom. The van der Waals surface area contributed by atoms with Crippen molar-refractivity contribution in [3.63, 3.8) is 0 Å². The standard InChI is InChI=1S/C14H18O4/c1-9-4-6-13(16)12(8-9)11(10(2)15)5-7-14(17)18-3/h4-8,10-11,15-16H,1-3H3/b7-5+. The fourth-order valence-corrected chi connectivity index (χ4v) is 1.72. The monoisotopic (exact) mass is 250 g/mol. The third kappa shape index (κ3) is 3.60. The molecule has 2 N–H and O–H groups in total. The molecule has 18 heavy (non-hydrogen) atoms. The molecule has 0 aliphatic rings. The Hall–Kier alpha value is -1.81. The molecule has 0 fully saturated rings. The van der Waals surface area contributed by atoms with Crippen LogP contribution in [0, 0.1) is 6.92 Å². The lowest BCUT2D eigenvalue weighted by Gasteiger charge is -2.18. The fraction of sp³-hybridized carbons (Fsp3) is 0.357. The molecule has 0 aliphatic heterocycles. The van der Waals surface area contributed by atoms with Crippen molar-refractivity contribution in [3.8, 4) is 5.75 Å². The summed E-state index contributed by atoms with van der Waals surface area (Å²) < 4.78 is 4.50. The molecule has 1 aromatic carbocycles. The Balaban J connectivity index is 3.08. The zero-order chi connectivity index (χ0) is 13.7. The molecule has 0 amide bonds. The van der Waals surface area contributed by atoms with Crippen LogP contribution < -0.4 is 0 Å². The van der Waals surface area contributed by atoms with Crippen molar-refractivity contribution in [2.24, 2.45) is 0 Å². The van der Waals surface area contributed by atoms with Crippen molar-refractivity contribution >= 4 is 5.97 Å². The molecule has 1 rings (SSSR count). The van der Waals surface area contributed by atoms with Gasteiger partial charge in [-0.05, 0) is 19.9 Å². The Kier molecular flexibility index (Phi) is 4.92. The number of methoxy groups -OCH3 is 1. The van der Waals surface area contributed by atoms with Gasteiger partial charge in [-0.1, -0.05) is 23.8 Å². The molecule has 0 aliphatic carbocycles. The second-order valence-corrected chi connectivity index (χ2v) is 4.21. The van der Waals surface area contributed by atoms with Gasteiger partial charge in [-0.25, -0.2) is 4.79 Å². The molecule has 0 saturated heterocycles. The summed E-state index contributed by atoms with van der Waals surface area (Å²) in [6.07, 6.45) is 2.06. The average Bonchev–Trinajstić information content (AvgIpc) is 2.32. The summed E-state index contributed by atoms with van der Waals surface area (Å²) in [4.78, 5) is 11.1. The smallest absolute Gasteiger partial charge is 0.330 e. The van der Waals surface area contributed by atoms with E-state index in [2.05, 4.69) is 4.74 Å². The fourth-order valence-electron chi connectivity index (χ4n) is 1.72. The molecule has 0 saturated carbocycles. The highest BCUT2D eigenvalue weighted by Crippen LogP contribution is 2.30. The molecule has 0 heterocycles. The highest BCUT2D eigenvalue weighted by molar-refractivity contribution is 5.82. The van der Waals surface area contributed by atoms with E-state index in [1.165, 1.54) is 19.3 Å². The van der Waals surface area contributed by atoms with Crippen LogP contribution in [0.2, 0.25) is 0 Å². The highest BCUT2D eigenvalue weighted by Gasteiger charge is 2.18. The molecule has 2 atom stereocenters. The maximum absolute atomic E-state index is 11.1. The van der Waals surface area contributed by atoms with E-state index in [9.17, 15) is 15.0 Å². The largest absolute Gasteiger partial charge is 0.508 e. The van der Waals surface area contributed by atoms with Crippen LogP contribution in [0.3, 0.4) is 0 Å². The number of rotatable bonds is 4. The quantitative estimate of drug-likeness (QED) is 0.632. The number of carbonyl (C=O) groups is 1. The van der Waals surface area contributed by atoms with E-state index in [0.717, 1.165) is 5.56 Å². The third-order valence-electron chi connectivity index (χ3n) is 2.70. The minimum absolute atomic E-state index is 0.0982. The summed E-state index contributed by atoms with van der Waals surface area (Å²) in [6.45, 7) is 3.50. The van der Waals surface area contributed by atoms with Crippen LogP contribution in [-0.2, 0) is 9.53 Å². The molecule has 0 spiro atoms. The van der Waals surface area contributed by atoms with Crippen molar-refractivity contribution in [1.29, 1.82) is 0 Å². The molecular formula is C14H18O4. The summed E-state index contributed by atoms with van der Waals surface area (Å²) in [5.41, 5.74) is 1.56. The Labute approximate surface area is 107 Å². The first kappa shape index (κ1) is 14.3. The first-order chi connectivity index (χ1) is 8.45. The topological polar surface area (TPSA) is 66.8 Å². The van der Waals surface area contributed by atoms with E-state index < -0.39 is 18.0 Å². The van der Waals surface area contributed by atoms with Crippen LogP contribution in [-0.4, -0.2) is 29.4 Å². The number of phenols is 1. The van der Waals surface area contributed by atoms with Gasteiger partial charge >= 0.3 is 5.97 Å². The van der Waals surface area contributed by atoms with Crippen molar-refractivity contribution < 1.29 is 19.7 Å². The number of hydrogen-bond acceptors (Lipinski definition) is 4. The molecule has 98 valence electrons. The number of aryl methyl sites for hydroxylation is 1. The lowest BCUT2D eigenvalue weighted by atomic mass is 9.92. The third-order valence-corrected chi connectivity index (χ3v) is 2.70. The molecule has 1 aromatic rings. The van der Waals surface area contributed by atoms with Gasteiger partial charge in [-0.15, -0.1) is 0 Å². The second-order valence-electron chi connectivity index (χ2n) is 4.21. The van der Waals surface area contributed by atoms with Gasteiger partial charge in [0, 0.05) is 17.6 Å². The first-order valence-corrected chi connectivity index (χ1v) is 5.69. The lowest BCUT2D eigenvalue weighted by molar-refractivity contribution is -0.134. The normalized spacial score (nSPS) is 14.4. The number of hydrogen-bond donors (Lipinski definition) is 2. The van der Waals surface area contributed by atoms with Crippen LogP contribution in [0.5, 0.6) is 5.75 Å². The molecule has 0 bridgehead atoms. The van der Waals surface area contributed by atoms with Gasteiger partial charge in [0.05, 0.1) is 13.2 Å². The predicted octanol–water partition coefficient (Wildman–Crippen LogP) is 1.89. The van der Waals surface area contributed by atoms with E-state index in [0.29, 0.717) is 5.56 Å². The summed E-state index contributed by atoms with van der Waals surface area (Å²) in [7, 11) is 1.29. The SMILES string of the molecule is COC(=O)/C=C/C(c1cc(C)ccc1O)C(C)O. The lowest BCUT2D eigenvalue weighted by Crippen LogP contribution is -2.13. The number of phenolic OH excluding ortho intramolecular Hbond substituents is 1. The van der Waals surface area contributed by atoms with Gasteiger partial charge in [0.25, 0.3) is 0 Å². The Bertz CT molecular complexity index is 449. The maximum atomic E-state index is 11.1. The minimum atomic E-state index is -0.724. The Morgan fingerprint density at radius 3 is 2.67 bits per heavy atom. The highest BCUT2D eigenvalue weighted by atomic mass is 16.5. The zero-order valence-corrected chi connectivity index (χ0v) is 10.8. The predicted molar refractivity (Wildman–Crippen MR) is 68.4 cm³/mol. The van der Waals surface area contributed by atoms with E-state index >= 15 is 0 Å². The van der Waals surface area contributed by atoms with Gasteiger partial charge in [0.15, 0.2) is 0 Å². The van der Waals surface area contributed by atoms with Crippen LogP contribution in [0.1, 0.15) is 24.0 Å². The molecule has 4 heteroatoms. The minimum Gasteiger partial charge on any atom is -0.508 e. The summed E-state index contributed by atoms with van der Waals surface area (Å²) in [5.74, 6) is -0.849. The zero-order valence-electron chi connectivity index (χ0n) is 10.8. The number of benzene rings is 1. The van der Waals surface area contributed by atoms with Crippen molar-refractivity contribution in [1.82, 2.24) is 0 Å². The van der Waals surface area contributed by atoms with Crippen LogP contribution >= 0.6 is 0 Å². The van der Waals surface area contributed by atoms with Crippen molar-refractivity contribution in [2.75, 3.05) is 7.11 Å². The van der Waals surface area contributed by atoms with Crippen LogP contribution in [0.25, 0.3) is 0 Å². The van der Waals surface area contributed by atoms with Crippen LogP contribution in [0.4, 0.5) is 0 Å². The Morgan fingerprint density at radius 1 is 1.44 bits per heavy atom. The van der Waals surface area contributed by atoms with Crippen molar-refractivity contribution in [2.45, 2.75) is 25.9 Å². The maximum Gasteiger partial charge on any atom is 0.330 e. The number of aliphatic hydroxyl groups excluding tert-OH is 1. The second kappa shape index (κ2) is 6.21. The number of ether oxygens (including phenoxy) is 1. The molecule has 2 unspecified atom stereocenters. The number of carbonyl (C=O) groups excluding carboxylic acids is 1. The van der Waals surface area contributed by atoms with Gasteiger partial charge in [-0.3, -0.25) is 0 Å². The van der Waals surface area contributed by atoms with Gasteiger partial charge in [0.1, 0.15) is 5.75 Å². The molecule has 0 radical (unpaired) electrons.